The minimum absolute atomic E-state index is 0. The van der Waals surface area contributed by atoms with E-state index >= 15 is 0 Å². The van der Waals surface area contributed by atoms with Gasteiger partial charge in [-0.2, -0.15) is 0 Å². The summed E-state index contributed by atoms with van der Waals surface area (Å²) in [7, 11) is 0. The molecule has 102 valence electrons. The Bertz CT molecular complexity index is 206. The SMILES string of the molecule is CCCNC(C)C(=O)NCC1CCCCC1.Cl. The van der Waals surface area contributed by atoms with Crippen molar-refractivity contribution in [2.24, 2.45) is 5.92 Å². The summed E-state index contributed by atoms with van der Waals surface area (Å²) in [6.45, 7) is 5.83. The average Bonchev–Trinajstić information content (AvgIpc) is 2.34. The number of nitrogens with one attached hydrogen (secondary N) is 2. The zero-order valence-corrected chi connectivity index (χ0v) is 11.9. The van der Waals surface area contributed by atoms with E-state index in [0.717, 1.165) is 25.4 Å². The van der Waals surface area contributed by atoms with Gasteiger partial charge in [-0.05, 0) is 38.6 Å². The summed E-state index contributed by atoms with van der Waals surface area (Å²) in [5.41, 5.74) is 0. The number of hydrogen-bond acceptors (Lipinski definition) is 2. The lowest BCUT2D eigenvalue weighted by molar-refractivity contribution is -0.123. The standard InChI is InChI=1S/C13H26N2O.ClH/c1-3-9-14-11(2)13(16)15-10-12-7-5-4-6-8-12;/h11-12,14H,3-10H2,1-2H3,(H,15,16);1H. The van der Waals surface area contributed by atoms with Gasteiger partial charge in [-0.25, -0.2) is 0 Å². The highest BCUT2D eigenvalue weighted by Crippen LogP contribution is 2.22. The molecule has 0 heterocycles. The summed E-state index contributed by atoms with van der Waals surface area (Å²) >= 11 is 0. The summed E-state index contributed by atoms with van der Waals surface area (Å²) in [4.78, 5) is 11.7. The Balaban J connectivity index is 0.00000256. The Kier molecular flexibility index (Phi) is 9.56. The van der Waals surface area contributed by atoms with E-state index in [4.69, 9.17) is 0 Å². The third kappa shape index (κ3) is 6.89. The van der Waals surface area contributed by atoms with Gasteiger partial charge in [0.2, 0.25) is 5.91 Å². The molecule has 1 aliphatic carbocycles. The Morgan fingerprint density at radius 3 is 2.53 bits per heavy atom. The van der Waals surface area contributed by atoms with Gasteiger partial charge >= 0.3 is 0 Å². The van der Waals surface area contributed by atoms with Gasteiger partial charge in [-0.3, -0.25) is 4.79 Å². The van der Waals surface area contributed by atoms with Crippen molar-refractivity contribution in [2.75, 3.05) is 13.1 Å². The molecule has 1 rings (SSSR count). The third-order valence-corrected chi connectivity index (χ3v) is 3.38. The Hall–Kier alpha value is -0.280. The van der Waals surface area contributed by atoms with Crippen LogP contribution >= 0.6 is 12.4 Å². The molecule has 0 aromatic carbocycles. The van der Waals surface area contributed by atoms with E-state index in [-0.39, 0.29) is 24.4 Å². The van der Waals surface area contributed by atoms with Gasteiger partial charge in [0.15, 0.2) is 0 Å². The van der Waals surface area contributed by atoms with E-state index in [1.807, 2.05) is 6.92 Å². The number of amides is 1. The van der Waals surface area contributed by atoms with E-state index in [1.165, 1.54) is 32.1 Å². The molecule has 17 heavy (non-hydrogen) atoms. The van der Waals surface area contributed by atoms with Crippen LogP contribution in [0.5, 0.6) is 0 Å². The highest BCUT2D eigenvalue weighted by Gasteiger charge is 2.16. The predicted molar refractivity (Wildman–Crippen MR) is 74.6 cm³/mol. The molecule has 0 bridgehead atoms. The molecule has 4 heteroatoms. The fraction of sp³-hybridized carbons (Fsp3) is 0.923. The molecule has 3 nitrogen and oxygen atoms in total. The van der Waals surface area contributed by atoms with Crippen molar-refractivity contribution < 1.29 is 4.79 Å². The van der Waals surface area contributed by atoms with Crippen LogP contribution in [0.3, 0.4) is 0 Å². The van der Waals surface area contributed by atoms with Crippen molar-refractivity contribution in [3.63, 3.8) is 0 Å². The summed E-state index contributed by atoms with van der Waals surface area (Å²) in [6.07, 6.45) is 7.70. The lowest BCUT2D eigenvalue weighted by atomic mass is 9.89. The molecule has 1 saturated carbocycles. The van der Waals surface area contributed by atoms with Crippen LogP contribution in [0.2, 0.25) is 0 Å². The number of hydrogen-bond donors (Lipinski definition) is 2. The molecule has 1 fully saturated rings. The molecule has 1 aliphatic rings. The van der Waals surface area contributed by atoms with Crippen molar-refractivity contribution in [2.45, 2.75) is 58.4 Å². The predicted octanol–water partition coefficient (Wildman–Crippen LogP) is 2.49. The molecule has 0 aliphatic heterocycles. The maximum absolute atomic E-state index is 11.7. The van der Waals surface area contributed by atoms with Crippen LogP contribution in [0.15, 0.2) is 0 Å². The van der Waals surface area contributed by atoms with Crippen LogP contribution in [-0.2, 0) is 4.79 Å². The molecule has 1 atom stereocenters. The van der Waals surface area contributed by atoms with Gasteiger partial charge in [0.05, 0.1) is 6.04 Å². The lowest BCUT2D eigenvalue weighted by Crippen LogP contribution is -2.44. The zero-order chi connectivity index (χ0) is 11.8. The van der Waals surface area contributed by atoms with Gasteiger partial charge in [-0.1, -0.05) is 26.2 Å². The highest BCUT2D eigenvalue weighted by atomic mass is 35.5. The van der Waals surface area contributed by atoms with Crippen LogP contribution in [0.25, 0.3) is 0 Å². The minimum atomic E-state index is -0.0523. The van der Waals surface area contributed by atoms with Gasteiger partial charge in [0.1, 0.15) is 0 Å². The number of rotatable bonds is 6. The fourth-order valence-corrected chi connectivity index (χ4v) is 2.24. The molecule has 0 saturated heterocycles. The summed E-state index contributed by atoms with van der Waals surface area (Å²) < 4.78 is 0. The van der Waals surface area contributed by atoms with Crippen LogP contribution in [0.4, 0.5) is 0 Å². The normalized spacial score (nSPS) is 18.2. The van der Waals surface area contributed by atoms with Crippen molar-refractivity contribution in [1.82, 2.24) is 10.6 Å². The molecule has 1 unspecified atom stereocenters. The first-order valence-electron chi connectivity index (χ1n) is 6.75. The van der Waals surface area contributed by atoms with Crippen LogP contribution in [0, 0.1) is 5.92 Å². The molecule has 0 radical (unpaired) electrons. The first-order valence-corrected chi connectivity index (χ1v) is 6.75. The first-order chi connectivity index (χ1) is 7.74. The number of halogens is 1. The summed E-state index contributed by atoms with van der Waals surface area (Å²) in [6, 6.07) is -0.0523. The zero-order valence-electron chi connectivity index (χ0n) is 11.1. The second kappa shape index (κ2) is 9.72. The number of carbonyl (C=O) groups excluding carboxylic acids is 1. The van der Waals surface area contributed by atoms with Crippen LogP contribution < -0.4 is 10.6 Å². The summed E-state index contributed by atoms with van der Waals surface area (Å²) in [5.74, 6) is 0.870. The average molecular weight is 263 g/mol. The molecular formula is C13H27ClN2O. The van der Waals surface area contributed by atoms with Crippen LogP contribution in [-0.4, -0.2) is 25.0 Å². The Morgan fingerprint density at radius 1 is 1.29 bits per heavy atom. The van der Waals surface area contributed by atoms with E-state index < -0.39 is 0 Å². The van der Waals surface area contributed by atoms with Crippen molar-refractivity contribution in [3.05, 3.63) is 0 Å². The second-order valence-corrected chi connectivity index (χ2v) is 4.92. The van der Waals surface area contributed by atoms with Gasteiger partial charge < -0.3 is 10.6 Å². The monoisotopic (exact) mass is 262 g/mol. The van der Waals surface area contributed by atoms with Crippen molar-refractivity contribution >= 4 is 18.3 Å². The maximum Gasteiger partial charge on any atom is 0.236 e. The topological polar surface area (TPSA) is 41.1 Å². The van der Waals surface area contributed by atoms with Gasteiger partial charge in [0.25, 0.3) is 0 Å². The minimum Gasteiger partial charge on any atom is -0.354 e. The fourth-order valence-electron chi connectivity index (χ4n) is 2.24. The Labute approximate surface area is 112 Å². The molecular weight excluding hydrogens is 236 g/mol. The van der Waals surface area contributed by atoms with E-state index in [1.54, 1.807) is 0 Å². The van der Waals surface area contributed by atoms with Crippen molar-refractivity contribution in [1.29, 1.82) is 0 Å². The first kappa shape index (κ1) is 16.7. The van der Waals surface area contributed by atoms with E-state index in [0.29, 0.717) is 0 Å². The molecule has 0 aromatic heterocycles. The second-order valence-electron chi connectivity index (χ2n) is 4.92. The number of carbonyl (C=O) groups is 1. The quantitative estimate of drug-likeness (QED) is 0.772. The highest BCUT2D eigenvalue weighted by molar-refractivity contribution is 5.85. The summed E-state index contributed by atoms with van der Waals surface area (Å²) in [5, 5.41) is 6.27. The van der Waals surface area contributed by atoms with Crippen LogP contribution in [0.1, 0.15) is 52.4 Å². The smallest absolute Gasteiger partial charge is 0.236 e. The molecule has 0 aromatic rings. The molecule has 1 amide bonds. The van der Waals surface area contributed by atoms with Gasteiger partial charge in [-0.15, -0.1) is 12.4 Å². The maximum atomic E-state index is 11.7. The molecule has 0 spiro atoms. The van der Waals surface area contributed by atoms with Gasteiger partial charge in [0, 0.05) is 6.54 Å². The van der Waals surface area contributed by atoms with E-state index in [2.05, 4.69) is 17.6 Å². The Morgan fingerprint density at radius 2 is 1.94 bits per heavy atom. The van der Waals surface area contributed by atoms with Crippen molar-refractivity contribution in [3.8, 4) is 0 Å². The van der Waals surface area contributed by atoms with E-state index in [9.17, 15) is 4.79 Å². The largest absolute Gasteiger partial charge is 0.354 e. The lowest BCUT2D eigenvalue weighted by Gasteiger charge is -2.22. The molecule has 2 N–H and O–H groups in total. The third-order valence-electron chi connectivity index (χ3n) is 3.38.